The lowest BCUT2D eigenvalue weighted by Gasteiger charge is -2.08. The molecule has 0 aliphatic heterocycles. The van der Waals surface area contributed by atoms with Crippen LogP contribution in [0.5, 0.6) is 0 Å². The van der Waals surface area contributed by atoms with Crippen LogP contribution in [0.3, 0.4) is 0 Å². The van der Waals surface area contributed by atoms with E-state index >= 15 is 0 Å². The van der Waals surface area contributed by atoms with Crippen molar-refractivity contribution in [1.82, 2.24) is 19.6 Å². The monoisotopic (exact) mass is 320 g/mol. The summed E-state index contributed by atoms with van der Waals surface area (Å²) in [6.45, 7) is 2.07. The Kier molecular flexibility index (Phi) is 3.32. The van der Waals surface area contributed by atoms with Gasteiger partial charge in [0.25, 0.3) is 5.78 Å². The van der Waals surface area contributed by atoms with Crippen LogP contribution >= 0.6 is 11.6 Å². The molecule has 112 valence electrons. The van der Waals surface area contributed by atoms with Crippen molar-refractivity contribution < 1.29 is 0 Å². The normalized spacial score (nSPS) is 11.0. The van der Waals surface area contributed by atoms with E-state index in [1.807, 2.05) is 30.3 Å². The van der Waals surface area contributed by atoms with Crippen LogP contribution in [-0.4, -0.2) is 19.6 Å². The van der Waals surface area contributed by atoms with Crippen LogP contribution < -0.4 is 0 Å². The van der Waals surface area contributed by atoms with E-state index in [1.165, 1.54) is 11.9 Å². The number of benzene rings is 2. The van der Waals surface area contributed by atoms with E-state index < -0.39 is 0 Å². The molecule has 4 nitrogen and oxygen atoms in total. The van der Waals surface area contributed by atoms with Crippen LogP contribution in [0.1, 0.15) is 5.56 Å². The molecule has 0 bridgehead atoms. The molecule has 4 rings (SSSR count). The molecule has 5 heteroatoms. The van der Waals surface area contributed by atoms with E-state index in [-0.39, 0.29) is 0 Å². The molecule has 4 aromatic rings. The Labute approximate surface area is 138 Å². The zero-order valence-electron chi connectivity index (χ0n) is 12.4. The number of rotatable bonds is 2. The van der Waals surface area contributed by atoms with Gasteiger partial charge in [0.05, 0.1) is 11.4 Å². The van der Waals surface area contributed by atoms with E-state index in [0.717, 1.165) is 22.5 Å². The second kappa shape index (κ2) is 5.48. The maximum Gasteiger partial charge on any atom is 0.253 e. The van der Waals surface area contributed by atoms with Gasteiger partial charge in [-0.15, -0.1) is 0 Å². The maximum absolute atomic E-state index is 5.99. The Morgan fingerprint density at radius 1 is 0.913 bits per heavy atom. The minimum absolute atomic E-state index is 0.577. The van der Waals surface area contributed by atoms with Crippen LogP contribution in [0.4, 0.5) is 0 Å². The lowest BCUT2D eigenvalue weighted by atomic mass is 10.1. The van der Waals surface area contributed by atoms with Gasteiger partial charge in [-0.3, -0.25) is 0 Å². The predicted molar refractivity (Wildman–Crippen MR) is 91.4 cm³/mol. The van der Waals surface area contributed by atoms with Gasteiger partial charge in [-0.2, -0.15) is 14.6 Å². The molecule has 2 heterocycles. The number of halogens is 1. The molecule has 2 aromatic carbocycles. The Morgan fingerprint density at radius 3 is 2.35 bits per heavy atom. The van der Waals surface area contributed by atoms with E-state index in [4.69, 9.17) is 11.6 Å². The molecule has 0 amide bonds. The van der Waals surface area contributed by atoms with Crippen LogP contribution in [0.2, 0.25) is 5.02 Å². The number of hydrogen-bond acceptors (Lipinski definition) is 3. The molecular formula is C18H13ClN4. The fourth-order valence-electron chi connectivity index (χ4n) is 2.51. The average Bonchev–Trinajstić information content (AvgIpc) is 3.04. The molecule has 2 aromatic heterocycles. The van der Waals surface area contributed by atoms with Gasteiger partial charge in [0, 0.05) is 16.1 Å². The first-order valence-corrected chi connectivity index (χ1v) is 7.62. The fraction of sp³-hybridized carbons (Fsp3) is 0.0556. The van der Waals surface area contributed by atoms with Crippen molar-refractivity contribution in [2.45, 2.75) is 6.92 Å². The van der Waals surface area contributed by atoms with Gasteiger partial charge in [-0.05, 0) is 25.1 Å². The van der Waals surface area contributed by atoms with E-state index in [9.17, 15) is 0 Å². The highest BCUT2D eigenvalue weighted by Gasteiger charge is 2.11. The molecule has 23 heavy (non-hydrogen) atoms. The highest BCUT2D eigenvalue weighted by molar-refractivity contribution is 6.30. The first-order valence-electron chi connectivity index (χ1n) is 7.24. The van der Waals surface area contributed by atoms with Crippen LogP contribution in [0, 0.1) is 6.92 Å². The number of fused-ring (bicyclic) bond motifs is 1. The summed E-state index contributed by atoms with van der Waals surface area (Å²) in [5.41, 5.74) is 5.09. The van der Waals surface area contributed by atoms with Crippen molar-refractivity contribution in [1.29, 1.82) is 0 Å². The third-order valence-electron chi connectivity index (χ3n) is 3.74. The summed E-state index contributed by atoms with van der Waals surface area (Å²) in [7, 11) is 0. The summed E-state index contributed by atoms with van der Waals surface area (Å²) in [4.78, 5) is 8.84. The third-order valence-corrected chi connectivity index (χ3v) is 3.99. The molecule has 0 aliphatic rings. The summed E-state index contributed by atoms with van der Waals surface area (Å²) >= 11 is 5.99. The summed E-state index contributed by atoms with van der Waals surface area (Å²) in [6.07, 6.45) is 1.51. The van der Waals surface area contributed by atoms with Crippen LogP contribution in [-0.2, 0) is 0 Å². The minimum Gasteiger partial charge on any atom is -0.211 e. The molecule has 0 spiro atoms. The molecule has 0 atom stereocenters. The molecule has 0 aliphatic carbocycles. The second-order valence-corrected chi connectivity index (χ2v) is 5.81. The molecule has 0 saturated heterocycles. The van der Waals surface area contributed by atoms with E-state index in [2.05, 4.69) is 46.3 Å². The maximum atomic E-state index is 5.99. The van der Waals surface area contributed by atoms with Gasteiger partial charge in [-0.25, -0.2) is 4.98 Å². The van der Waals surface area contributed by atoms with Crippen LogP contribution in [0.15, 0.2) is 60.9 Å². The lowest BCUT2D eigenvalue weighted by Crippen LogP contribution is -1.98. The number of hydrogen-bond donors (Lipinski definition) is 0. The van der Waals surface area contributed by atoms with Crippen molar-refractivity contribution in [3.63, 3.8) is 0 Å². The van der Waals surface area contributed by atoms with Gasteiger partial charge in [0.1, 0.15) is 6.33 Å². The van der Waals surface area contributed by atoms with Crippen molar-refractivity contribution in [3.05, 3.63) is 71.5 Å². The van der Waals surface area contributed by atoms with Gasteiger partial charge < -0.3 is 0 Å². The Bertz CT molecular complexity index is 972. The molecule has 0 radical (unpaired) electrons. The smallest absolute Gasteiger partial charge is 0.211 e. The van der Waals surface area contributed by atoms with Gasteiger partial charge >= 0.3 is 0 Å². The SMILES string of the molecule is Cc1ccc(-c2cc(-c3ccc(Cl)cc3)n3ncnc3n2)cc1. The van der Waals surface area contributed by atoms with Crippen molar-refractivity contribution in [3.8, 4) is 22.5 Å². The van der Waals surface area contributed by atoms with Crippen molar-refractivity contribution in [2.24, 2.45) is 0 Å². The second-order valence-electron chi connectivity index (χ2n) is 5.37. The Hall–Kier alpha value is -2.72. The van der Waals surface area contributed by atoms with E-state index in [0.29, 0.717) is 10.8 Å². The van der Waals surface area contributed by atoms with Crippen molar-refractivity contribution >= 4 is 17.4 Å². The summed E-state index contributed by atoms with van der Waals surface area (Å²) in [6, 6.07) is 18.0. The lowest BCUT2D eigenvalue weighted by molar-refractivity contribution is 0.949. The zero-order valence-corrected chi connectivity index (χ0v) is 13.2. The standard InChI is InChI=1S/C18H13ClN4/c1-12-2-4-13(5-3-12)16-10-17(14-6-8-15(19)9-7-14)23-18(22-16)20-11-21-23/h2-11H,1H3. The molecule has 0 N–H and O–H groups in total. The van der Waals surface area contributed by atoms with Gasteiger partial charge in [0.15, 0.2) is 0 Å². The summed E-state index contributed by atoms with van der Waals surface area (Å²) in [5, 5.41) is 4.98. The first kappa shape index (κ1) is 13.9. The summed E-state index contributed by atoms with van der Waals surface area (Å²) < 4.78 is 1.74. The molecule has 0 unspecified atom stereocenters. The first-order chi connectivity index (χ1) is 11.2. The van der Waals surface area contributed by atoms with E-state index in [1.54, 1.807) is 4.52 Å². The summed E-state index contributed by atoms with van der Waals surface area (Å²) in [5.74, 6) is 0.577. The Balaban J connectivity index is 1.94. The van der Waals surface area contributed by atoms with Crippen LogP contribution in [0.25, 0.3) is 28.3 Å². The zero-order chi connectivity index (χ0) is 15.8. The largest absolute Gasteiger partial charge is 0.253 e. The quantitative estimate of drug-likeness (QED) is 0.549. The number of aryl methyl sites for hydroxylation is 1. The van der Waals surface area contributed by atoms with Gasteiger partial charge in [0.2, 0.25) is 0 Å². The predicted octanol–water partition coefficient (Wildman–Crippen LogP) is 4.42. The highest BCUT2D eigenvalue weighted by atomic mass is 35.5. The highest BCUT2D eigenvalue weighted by Crippen LogP contribution is 2.26. The minimum atomic E-state index is 0.577. The number of aromatic nitrogens is 4. The fourth-order valence-corrected chi connectivity index (χ4v) is 2.64. The number of nitrogens with zero attached hydrogens (tertiary/aromatic N) is 4. The average molecular weight is 321 g/mol. The molecular weight excluding hydrogens is 308 g/mol. The Morgan fingerprint density at radius 2 is 1.61 bits per heavy atom. The van der Waals surface area contributed by atoms with Crippen molar-refractivity contribution in [2.75, 3.05) is 0 Å². The molecule has 0 saturated carbocycles. The third kappa shape index (κ3) is 2.58. The molecule has 0 fully saturated rings. The van der Waals surface area contributed by atoms with Gasteiger partial charge in [-0.1, -0.05) is 53.6 Å². The topological polar surface area (TPSA) is 43.1 Å².